The van der Waals surface area contributed by atoms with Gasteiger partial charge in [0, 0.05) is 7.05 Å². The second kappa shape index (κ2) is 3.53. The van der Waals surface area contributed by atoms with Gasteiger partial charge in [-0.3, -0.25) is 0 Å². The molecule has 0 aromatic carbocycles. The standard InChI is InChI=1S/C7H9NO3S/c1-4-5(6(9)10-3)12-7(8-2)11-4/h1-3H3. The molecule has 0 atom stereocenters. The van der Waals surface area contributed by atoms with Gasteiger partial charge in [0.15, 0.2) is 4.88 Å². The first kappa shape index (κ1) is 8.99. The molecule has 66 valence electrons. The van der Waals surface area contributed by atoms with E-state index in [-0.39, 0.29) is 5.97 Å². The van der Waals surface area contributed by atoms with Crippen molar-refractivity contribution in [1.82, 2.24) is 0 Å². The van der Waals surface area contributed by atoms with Gasteiger partial charge in [-0.1, -0.05) is 11.3 Å². The Kier molecular flexibility index (Phi) is 2.65. The zero-order valence-corrected chi connectivity index (χ0v) is 7.90. The van der Waals surface area contributed by atoms with Crippen LogP contribution in [-0.4, -0.2) is 20.1 Å². The Morgan fingerprint density at radius 3 is 2.75 bits per heavy atom. The van der Waals surface area contributed by atoms with E-state index in [1.807, 2.05) is 0 Å². The third-order valence-corrected chi connectivity index (χ3v) is 2.40. The van der Waals surface area contributed by atoms with Crippen molar-refractivity contribution in [3.05, 3.63) is 15.5 Å². The molecule has 0 spiro atoms. The van der Waals surface area contributed by atoms with E-state index in [9.17, 15) is 4.79 Å². The lowest BCUT2D eigenvalue weighted by molar-refractivity contribution is 0.0603. The van der Waals surface area contributed by atoms with Gasteiger partial charge in [-0.25, -0.2) is 9.79 Å². The summed E-state index contributed by atoms with van der Waals surface area (Å²) >= 11 is 1.18. The van der Waals surface area contributed by atoms with Crippen LogP contribution < -0.4 is 4.87 Å². The number of carbonyl (C=O) groups is 1. The summed E-state index contributed by atoms with van der Waals surface area (Å²) in [7, 11) is 2.94. The van der Waals surface area contributed by atoms with Crippen LogP contribution in [0, 0.1) is 6.92 Å². The summed E-state index contributed by atoms with van der Waals surface area (Å²) < 4.78 is 9.68. The van der Waals surface area contributed by atoms with E-state index in [1.54, 1.807) is 14.0 Å². The topological polar surface area (TPSA) is 51.8 Å². The molecule has 0 amide bonds. The fourth-order valence-electron chi connectivity index (χ4n) is 0.727. The molecular formula is C7H9NO3S. The number of rotatable bonds is 1. The Labute approximate surface area is 73.5 Å². The predicted octanol–water partition coefficient (Wildman–Crippen LogP) is 0.967. The van der Waals surface area contributed by atoms with Crippen LogP contribution in [0.2, 0.25) is 0 Å². The van der Waals surface area contributed by atoms with Gasteiger partial charge in [0.25, 0.3) is 4.87 Å². The largest absolute Gasteiger partial charge is 0.465 e. The summed E-state index contributed by atoms with van der Waals surface area (Å²) in [4.78, 5) is 15.8. The van der Waals surface area contributed by atoms with Gasteiger partial charge >= 0.3 is 5.97 Å². The molecule has 0 radical (unpaired) electrons. The molecule has 0 N–H and O–H groups in total. The van der Waals surface area contributed by atoms with Crippen molar-refractivity contribution in [2.45, 2.75) is 6.92 Å². The van der Waals surface area contributed by atoms with Crippen LogP contribution in [0.4, 0.5) is 0 Å². The zero-order valence-electron chi connectivity index (χ0n) is 7.08. The third-order valence-electron chi connectivity index (χ3n) is 1.30. The van der Waals surface area contributed by atoms with Crippen molar-refractivity contribution in [2.24, 2.45) is 4.99 Å². The van der Waals surface area contributed by atoms with E-state index in [1.165, 1.54) is 18.4 Å². The molecule has 4 nitrogen and oxygen atoms in total. The molecule has 0 unspecified atom stereocenters. The van der Waals surface area contributed by atoms with Crippen molar-refractivity contribution in [1.29, 1.82) is 0 Å². The van der Waals surface area contributed by atoms with Gasteiger partial charge in [0.2, 0.25) is 0 Å². The number of ether oxygens (including phenoxy) is 1. The summed E-state index contributed by atoms with van der Waals surface area (Å²) in [5.41, 5.74) is 0. The molecule has 0 bridgehead atoms. The minimum Gasteiger partial charge on any atom is -0.465 e. The number of esters is 1. The maximum atomic E-state index is 11.1. The van der Waals surface area contributed by atoms with Gasteiger partial charge in [-0.2, -0.15) is 0 Å². The van der Waals surface area contributed by atoms with E-state index in [0.717, 1.165) is 0 Å². The van der Waals surface area contributed by atoms with Crippen LogP contribution in [0.15, 0.2) is 9.41 Å². The smallest absolute Gasteiger partial charge is 0.351 e. The number of hydrogen-bond acceptors (Lipinski definition) is 5. The van der Waals surface area contributed by atoms with E-state index in [4.69, 9.17) is 4.42 Å². The normalized spacial score (nSPS) is 11.8. The Hall–Kier alpha value is -1.10. The summed E-state index contributed by atoms with van der Waals surface area (Å²) in [6, 6.07) is 0. The van der Waals surface area contributed by atoms with E-state index >= 15 is 0 Å². The fourth-order valence-corrected chi connectivity index (χ4v) is 1.51. The molecular weight excluding hydrogens is 178 g/mol. The first-order valence-corrected chi connectivity index (χ1v) is 4.12. The number of methoxy groups -OCH3 is 1. The SMILES string of the molecule is CN=c1oc(C)c(C(=O)OC)s1. The highest BCUT2D eigenvalue weighted by atomic mass is 32.1. The first-order valence-electron chi connectivity index (χ1n) is 3.30. The fraction of sp³-hybridized carbons (Fsp3) is 0.429. The number of carbonyl (C=O) groups excluding carboxylic acids is 1. The molecule has 1 aromatic rings. The lowest BCUT2D eigenvalue weighted by Gasteiger charge is -1.92. The highest BCUT2D eigenvalue weighted by Crippen LogP contribution is 2.11. The monoisotopic (exact) mass is 187 g/mol. The van der Waals surface area contributed by atoms with Gasteiger partial charge in [-0.05, 0) is 6.92 Å². The summed E-state index contributed by atoms with van der Waals surface area (Å²) in [6.45, 7) is 1.71. The first-order chi connectivity index (χ1) is 5.69. The molecule has 1 aromatic heterocycles. The minimum atomic E-state index is -0.379. The summed E-state index contributed by atoms with van der Waals surface area (Å²) in [5.74, 6) is 0.170. The van der Waals surface area contributed by atoms with Crippen molar-refractivity contribution < 1.29 is 13.9 Å². The van der Waals surface area contributed by atoms with Gasteiger partial charge in [0.05, 0.1) is 7.11 Å². The second-order valence-electron chi connectivity index (χ2n) is 2.07. The summed E-state index contributed by atoms with van der Waals surface area (Å²) in [5, 5.41) is 0. The Morgan fingerprint density at radius 1 is 1.67 bits per heavy atom. The molecule has 1 heterocycles. The molecule has 0 aliphatic rings. The lowest BCUT2D eigenvalue weighted by atomic mass is 10.4. The number of aryl methyl sites for hydroxylation is 1. The highest BCUT2D eigenvalue weighted by Gasteiger charge is 2.13. The molecule has 0 saturated carbocycles. The second-order valence-corrected chi connectivity index (χ2v) is 3.03. The van der Waals surface area contributed by atoms with Crippen LogP contribution in [0.5, 0.6) is 0 Å². The lowest BCUT2D eigenvalue weighted by Crippen LogP contribution is -1.99. The van der Waals surface area contributed by atoms with Crippen LogP contribution in [-0.2, 0) is 4.74 Å². The molecule has 1 rings (SSSR count). The maximum absolute atomic E-state index is 11.1. The molecule has 0 aliphatic heterocycles. The van der Waals surface area contributed by atoms with Gasteiger partial charge < -0.3 is 9.15 Å². The van der Waals surface area contributed by atoms with Crippen LogP contribution in [0.1, 0.15) is 15.4 Å². The summed E-state index contributed by atoms with van der Waals surface area (Å²) in [6.07, 6.45) is 0. The van der Waals surface area contributed by atoms with Crippen LogP contribution >= 0.6 is 11.3 Å². The minimum absolute atomic E-state index is 0.379. The number of nitrogens with zero attached hydrogens (tertiary/aromatic N) is 1. The van der Waals surface area contributed by atoms with Crippen LogP contribution in [0.25, 0.3) is 0 Å². The molecule has 0 aliphatic carbocycles. The highest BCUT2D eigenvalue weighted by molar-refractivity contribution is 7.11. The van der Waals surface area contributed by atoms with Crippen molar-refractivity contribution in [2.75, 3.05) is 14.2 Å². The number of hydrogen-bond donors (Lipinski definition) is 0. The van der Waals surface area contributed by atoms with Crippen molar-refractivity contribution >= 4 is 17.3 Å². The molecule has 0 saturated heterocycles. The molecule has 12 heavy (non-hydrogen) atoms. The Morgan fingerprint density at radius 2 is 2.33 bits per heavy atom. The zero-order chi connectivity index (χ0) is 9.14. The van der Waals surface area contributed by atoms with E-state index in [2.05, 4.69) is 9.73 Å². The third kappa shape index (κ3) is 1.55. The van der Waals surface area contributed by atoms with Crippen molar-refractivity contribution in [3.8, 4) is 0 Å². The Bertz CT molecular complexity index is 350. The van der Waals surface area contributed by atoms with Gasteiger partial charge in [-0.15, -0.1) is 0 Å². The van der Waals surface area contributed by atoms with Crippen molar-refractivity contribution in [3.63, 3.8) is 0 Å². The average Bonchev–Trinajstić information content (AvgIpc) is 2.45. The Balaban J connectivity index is 3.17. The van der Waals surface area contributed by atoms with E-state index in [0.29, 0.717) is 15.5 Å². The maximum Gasteiger partial charge on any atom is 0.351 e. The van der Waals surface area contributed by atoms with E-state index < -0.39 is 0 Å². The van der Waals surface area contributed by atoms with Gasteiger partial charge in [0.1, 0.15) is 5.76 Å². The molecule has 5 heteroatoms. The molecule has 0 fully saturated rings. The predicted molar refractivity (Wildman–Crippen MR) is 44.1 cm³/mol. The van der Waals surface area contributed by atoms with Crippen LogP contribution in [0.3, 0.4) is 0 Å². The quantitative estimate of drug-likeness (QED) is 0.615. The average molecular weight is 187 g/mol.